The predicted octanol–water partition coefficient (Wildman–Crippen LogP) is 3.30. The highest BCUT2D eigenvalue weighted by Crippen LogP contribution is 2.21. The van der Waals surface area contributed by atoms with Gasteiger partial charge in [0.05, 0.1) is 7.11 Å². The lowest BCUT2D eigenvalue weighted by Crippen LogP contribution is -2.02. The number of benzene rings is 2. The zero-order chi connectivity index (χ0) is 14.4. The zero-order valence-corrected chi connectivity index (χ0v) is 12.1. The Balaban J connectivity index is 2.06. The minimum absolute atomic E-state index is 0.475. The molecule has 0 aliphatic carbocycles. The first kappa shape index (κ1) is 14.4. The van der Waals surface area contributed by atoms with E-state index in [4.69, 9.17) is 15.2 Å². The average molecular weight is 271 g/mol. The van der Waals surface area contributed by atoms with Crippen LogP contribution in [0.25, 0.3) is 0 Å². The maximum atomic E-state index is 5.82. The molecule has 0 aliphatic rings. The third-order valence-electron chi connectivity index (χ3n) is 3.28. The fourth-order valence-corrected chi connectivity index (χ4v) is 2.07. The molecular formula is C17H21NO2. The molecule has 0 spiro atoms. The summed E-state index contributed by atoms with van der Waals surface area (Å²) in [6.07, 6.45) is 1.01. The number of hydrogen-bond donors (Lipinski definition) is 1. The Bertz CT molecular complexity index is 567. The SMILES string of the molecule is CCc1cccc(OCc2ccc(CN)c(OC)c2)c1. The molecule has 2 aromatic rings. The van der Waals surface area contributed by atoms with E-state index < -0.39 is 0 Å². The van der Waals surface area contributed by atoms with Gasteiger partial charge in [-0.3, -0.25) is 0 Å². The fraction of sp³-hybridized carbons (Fsp3) is 0.294. The molecular weight excluding hydrogens is 250 g/mol. The Morgan fingerprint density at radius 1 is 1.05 bits per heavy atom. The Labute approximate surface area is 120 Å². The molecule has 0 atom stereocenters. The summed E-state index contributed by atoms with van der Waals surface area (Å²) in [6.45, 7) is 3.13. The topological polar surface area (TPSA) is 44.5 Å². The van der Waals surface area contributed by atoms with Gasteiger partial charge in [0.25, 0.3) is 0 Å². The molecule has 0 aliphatic heterocycles. The number of ether oxygens (including phenoxy) is 2. The molecule has 0 saturated heterocycles. The van der Waals surface area contributed by atoms with E-state index in [0.717, 1.165) is 29.0 Å². The summed E-state index contributed by atoms with van der Waals surface area (Å²) in [6, 6.07) is 14.2. The normalized spacial score (nSPS) is 10.3. The third-order valence-corrected chi connectivity index (χ3v) is 3.28. The van der Waals surface area contributed by atoms with Crippen molar-refractivity contribution in [2.75, 3.05) is 7.11 Å². The lowest BCUT2D eigenvalue weighted by molar-refractivity contribution is 0.305. The Kier molecular flexibility index (Phi) is 5.02. The molecule has 20 heavy (non-hydrogen) atoms. The van der Waals surface area contributed by atoms with Crippen LogP contribution in [0, 0.1) is 0 Å². The van der Waals surface area contributed by atoms with E-state index in [1.54, 1.807) is 7.11 Å². The van der Waals surface area contributed by atoms with Gasteiger partial charge in [-0.15, -0.1) is 0 Å². The number of rotatable bonds is 6. The van der Waals surface area contributed by atoms with Gasteiger partial charge in [-0.25, -0.2) is 0 Å². The predicted molar refractivity (Wildman–Crippen MR) is 81.0 cm³/mol. The van der Waals surface area contributed by atoms with Crippen LogP contribution in [0.5, 0.6) is 11.5 Å². The van der Waals surface area contributed by atoms with Gasteiger partial charge in [-0.2, -0.15) is 0 Å². The maximum Gasteiger partial charge on any atom is 0.123 e. The van der Waals surface area contributed by atoms with Gasteiger partial charge in [-0.1, -0.05) is 31.2 Å². The highest BCUT2D eigenvalue weighted by atomic mass is 16.5. The highest BCUT2D eigenvalue weighted by molar-refractivity contribution is 5.37. The second-order valence-corrected chi connectivity index (χ2v) is 4.64. The second-order valence-electron chi connectivity index (χ2n) is 4.64. The molecule has 3 nitrogen and oxygen atoms in total. The van der Waals surface area contributed by atoms with E-state index in [2.05, 4.69) is 19.1 Å². The molecule has 0 radical (unpaired) electrons. The van der Waals surface area contributed by atoms with Crippen molar-refractivity contribution in [1.29, 1.82) is 0 Å². The molecule has 106 valence electrons. The second kappa shape index (κ2) is 6.96. The standard InChI is InChI=1S/C17H21NO2/c1-3-13-5-4-6-16(9-13)20-12-14-7-8-15(11-18)17(10-14)19-2/h4-10H,3,11-12,18H2,1-2H3. The molecule has 0 aromatic heterocycles. The summed E-state index contributed by atoms with van der Waals surface area (Å²) in [7, 11) is 1.66. The van der Waals surface area contributed by atoms with Crippen LogP contribution in [0.4, 0.5) is 0 Å². The summed E-state index contributed by atoms with van der Waals surface area (Å²) in [5, 5.41) is 0. The van der Waals surface area contributed by atoms with Gasteiger partial charge >= 0.3 is 0 Å². The molecule has 2 N–H and O–H groups in total. The zero-order valence-electron chi connectivity index (χ0n) is 12.1. The van der Waals surface area contributed by atoms with E-state index in [0.29, 0.717) is 13.2 Å². The Morgan fingerprint density at radius 2 is 1.90 bits per heavy atom. The molecule has 2 rings (SSSR count). The smallest absolute Gasteiger partial charge is 0.123 e. The fourth-order valence-electron chi connectivity index (χ4n) is 2.07. The van der Waals surface area contributed by atoms with Gasteiger partial charge in [0.2, 0.25) is 0 Å². The van der Waals surface area contributed by atoms with Crippen molar-refractivity contribution in [3.8, 4) is 11.5 Å². The largest absolute Gasteiger partial charge is 0.496 e. The van der Waals surface area contributed by atoms with Gasteiger partial charge in [0.1, 0.15) is 18.1 Å². The van der Waals surface area contributed by atoms with Gasteiger partial charge in [0, 0.05) is 12.1 Å². The van der Waals surface area contributed by atoms with Crippen LogP contribution in [-0.2, 0) is 19.6 Å². The lowest BCUT2D eigenvalue weighted by atomic mass is 10.1. The van der Waals surface area contributed by atoms with Crippen LogP contribution in [-0.4, -0.2) is 7.11 Å². The lowest BCUT2D eigenvalue weighted by Gasteiger charge is -2.11. The van der Waals surface area contributed by atoms with Crippen LogP contribution in [0.15, 0.2) is 42.5 Å². The molecule has 0 fully saturated rings. The highest BCUT2D eigenvalue weighted by Gasteiger charge is 2.04. The van der Waals surface area contributed by atoms with Gasteiger partial charge in [-0.05, 0) is 35.7 Å². The van der Waals surface area contributed by atoms with Crippen LogP contribution < -0.4 is 15.2 Å². The van der Waals surface area contributed by atoms with Crippen LogP contribution in [0.2, 0.25) is 0 Å². The first-order valence-electron chi connectivity index (χ1n) is 6.84. The molecule has 3 heteroatoms. The third kappa shape index (κ3) is 3.52. The van der Waals surface area contributed by atoms with E-state index in [9.17, 15) is 0 Å². The maximum absolute atomic E-state index is 5.82. The monoisotopic (exact) mass is 271 g/mol. The van der Waals surface area contributed by atoms with Crippen LogP contribution >= 0.6 is 0 Å². The van der Waals surface area contributed by atoms with Crippen molar-refractivity contribution >= 4 is 0 Å². The van der Waals surface area contributed by atoms with Crippen LogP contribution in [0.3, 0.4) is 0 Å². The number of methoxy groups -OCH3 is 1. The van der Waals surface area contributed by atoms with E-state index in [-0.39, 0.29) is 0 Å². The van der Waals surface area contributed by atoms with Crippen molar-refractivity contribution < 1.29 is 9.47 Å². The van der Waals surface area contributed by atoms with E-state index in [1.165, 1.54) is 5.56 Å². The summed E-state index contributed by atoms with van der Waals surface area (Å²) >= 11 is 0. The minimum Gasteiger partial charge on any atom is -0.496 e. The summed E-state index contributed by atoms with van der Waals surface area (Å²) < 4.78 is 11.2. The first-order chi connectivity index (χ1) is 9.76. The van der Waals surface area contributed by atoms with Crippen molar-refractivity contribution in [2.24, 2.45) is 5.73 Å². The Hall–Kier alpha value is -2.00. The molecule has 2 aromatic carbocycles. The quantitative estimate of drug-likeness (QED) is 0.876. The van der Waals surface area contributed by atoms with E-state index in [1.807, 2.05) is 30.3 Å². The summed E-state index contributed by atoms with van der Waals surface area (Å²) in [4.78, 5) is 0. The number of aryl methyl sites for hydroxylation is 1. The number of hydrogen-bond acceptors (Lipinski definition) is 3. The molecule has 0 heterocycles. The first-order valence-corrected chi connectivity index (χ1v) is 6.84. The minimum atomic E-state index is 0.475. The average Bonchev–Trinajstić information content (AvgIpc) is 2.52. The Morgan fingerprint density at radius 3 is 2.60 bits per heavy atom. The molecule has 0 unspecified atom stereocenters. The molecule has 0 amide bonds. The van der Waals surface area contributed by atoms with Crippen molar-refractivity contribution in [3.63, 3.8) is 0 Å². The van der Waals surface area contributed by atoms with Crippen molar-refractivity contribution in [3.05, 3.63) is 59.2 Å². The molecule has 0 saturated carbocycles. The summed E-state index contributed by atoms with van der Waals surface area (Å²) in [5.74, 6) is 1.71. The van der Waals surface area contributed by atoms with Crippen molar-refractivity contribution in [2.45, 2.75) is 26.5 Å². The summed E-state index contributed by atoms with van der Waals surface area (Å²) in [5.41, 5.74) is 9.01. The van der Waals surface area contributed by atoms with Gasteiger partial charge < -0.3 is 15.2 Å². The van der Waals surface area contributed by atoms with Crippen LogP contribution in [0.1, 0.15) is 23.6 Å². The molecule has 0 bridgehead atoms. The number of nitrogens with two attached hydrogens (primary N) is 1. The van der Waals surface area contributed by atoms with E-state index >= 15 is 0 Å². The van der Waals surface area contributed by atoms with Gasteiger partial charge in [0.15, 0.2) is 0 Å². The van der Waals surface area contributed by atoms with Crippen molar-refractivity contribution in [1.82, 2.24) is 0 Å².